The van der Waals surface area contributed by atoms with Gasteiger partial charge in [-0.05, 0) is 30.3 Å². The highest BCUT2D eigenvalue weighted by Crippen LogP contribution is 2.28. The summed E-state index contributed by atoms with van der Waals surface area (Å²) in [5, 5.41) is 0. The van der Waals surface area contributed by atoms with Gasteiger partial charge < -0.3 is 19.3 Å². The molecule has 3 aromatic rings. The lowest BCUT2D eigenvalue weighted by atomic mass is 10.1. The average Bonchev–Trinajstić information content (AvgIpc) is 3.28. The highest BCUT2D eigenvalue weighted by atomic mass is 19.1. The number of amides is 1. The number of para-hydroxylation sites is 1. The standard InChI is InChI=1S/C22H23FN4O3/c1-29-19-8-7-16(15-20(19)30-2)21(28)25-11-13-26(14-12-25)22-24-9-10-27(22)18-6-4-3-5-17(18)23/h3-10,15H,11-14H2,1-2H3. The first-order valence-electron chi connectivity index (χ1n) is 9.67. The molecule has 0 N–H and O–H groups in total. The van der Waals surface area contributed by atoms with Gasteiger partial charge in [0.2, 0.25) is 5.95 Å². The third-order valence-corrected chi connectivity index (χ3v) is 5.21. The van der Waals surface area contributed by atoms with Crippen LogP contribution in [0.4, 0.5) is 10.3 Å². The Morgan fingerprint density at radius 2 is 1.73 bits per heavy atom. The van der Waals surface area contributed by atoms with Crippen LogP contribution in [-0.2, 0) is 0 Å². The number of imidazole rings is 1. The minimum Gasteiger partial charge on any atom is -0.493 e. The van der Waals surface area contributed by atoms with E-state index in [1.54, 1.807) is 72.5 Å². The maximum absolute atomic E-state index is 14.2. The molecule has 0 aliphatic carbocycles. The second-order valence-electron chi connectivity index (χ2n) is 6.90. The second-order valence-corrected chi connectivity index (χ2v) is 6.90. The first-order chi connectivity index (χ1) is 14.6. The van der Waals surface area contributed by atoms with Crippen molar-refractivity contribution in [3.05, 3.63) is 66.2 Å². The third kappa shape index (κ3) is 3.68. The largest absolute Gasteiger partial charge is 0.493 e. The number of hydrogen-bond donors (Lipinski definition) is 0. The molecule has 30 heavy (non-hydrogen) atoms. The number of aromatic nitrogens is 2. The third-order valence-electron chi connectivity index (χ3n) is 5.21. The molecule has 0 bridgehead atoms. The minimum absolute atomic E-state index is 0.0620. The van der Waals surface area contributed by atoms with E-state index in [1.165, 1.54) is 6.07 Å². The summed E-state index contributed by atoms with van der Waals surface area (Å²) in [5.74, 6) is 1.40. The van der Waals surface area contributed by atoms with Gasteiger partial charge in [-0.2, -0.15) is 0 Å². The number of hydrogen-bond acceptors (Lipinski definition) is 5. The van der Waals surface area contributed by atoms with Crippen LogP contribution in [0.25, 0.3) is 5.69 Å². The summed E-state index contributed by atoms with van der Waals surface area (Å²) in [6.45, 7) is 2.28. The van der Waals surface area contributed by atoms with E-state index in [-0.39, 0.29) is 11.7 Å². The fourth-order valence-corrected chi connectivity index (χ4v) is 3.63. The predicted octanol–water partition coefficient (Wildman–Crippen LogP) is 2.99. The fourth-order valence-electron chi connectivity index (χ4n) is 3.63. The minimum atomic E-state index is -0.306. The molecular weight excluding hydrogens is 387 g/mol. The van der Waals surface area contributed by atoms with Crippen LogP contribution in [0, 0.1) is 5.82 Å². The monoisotopic (exact) mass is 410 g/mol. The summed E-state index contributed by atoms with van der Waals surface area (Å²) in [6, 6.07) is 11.8. The molecule has 0 spiro atoms. The van der Waals surface area contributed by atoms with Crippen molar-refractivity contribution < 1.29 is 18.7 Å². The van der Waals surface area contributed by atoms with Gasteiger partial charge in [-0.15, -0.1) is 0 Å². The van der Waals surface area contributed by atoms with Crippen molar-refractivity contribution in [3.63, 3.8) is 0 Å². The van der Waals surface area contributed by atoms with Gasteiger partial charge in [0.1, 0.15) is 5.82 Å². The van der Waals surface area contributed by atoms with E-state index in [1.807, 2.05) is 0 Å². The zero-order valence-corrected chi connectivity index (χ0v) is 16.9. The first kappa shape index (κ1) is 19.8. The lowest BCUT2D eigenvalue weighted by Crippen LogP contribution is -2.49. The average molecular weight is 410 g/mol. The fraction of sp³-hybridized carbons (Fsp3) is 0.273. The molecule has 1 aliphatic heterocycles. The molecule has 156 valence electrons. The van der Waals surface area contributed by atoms with Crippen LogP contribution in [0.15, 0.2) is 54.9 Å². The van der Waals surface area contributed by atoms with E-state index < -0.39 is 0 Å². The van der Waals surface area contributed by atoms with Crippen LogP contribution in [-0.4, -0.2) is 60.8 Å². The summed E-state index contributed by atoms with van der Waals surface area (Å²) in [4.78, 5) is 21.2. The first-order valence-corrected chi connectivity index (χ1v) is 9.67. The van der Waals surface area contributed by atoms with Crippen molar-refractivity contribution in [2.24, 2.45) is 0 Å². The van der Waals surface area contributed by atoms with E-state index in [9.17, 15) is 9.18 Å². The zero-order valence-electron chi connectivity index (χ0n) is 16.9. The Morgan fingerprint density at radius 1 is 1.00 bits per heavy atom. The molecule has 4 rings (SSSR count). The number of anilines is 1. The van der Waals surface area contributed by atoms with Gasteiger partial charge in [0.15, 0.2) is 11.5 Å². The Kier molecular flexibility index (Phi) is 5.56. The van der Waals surface area contributed by atoms with Crippen LogP contribution in [0.3, 0.4) is 0 Å². The number of nitrogens with zero attached hydrogens (tertiary/aromatic N) is 4. The Balaban J connectivity index is 1.47. The topological polar surface area (TPSA) is 59.8 Å². The SMILES string of the molecule is COc1ccc(C(=O)N2CCN(c3nccn3-c3ccccc3F)CC2)cc1OC. The molecule has 0 unspecified atom stereocenters. The summed E-state index contributed by atoms with van der Waals surface area (Å²) >= 11 is 0. The molecule has 2 aromatic carbocycles. The number of rotatable bonds is 5. The van der Waals surface area contributed by atoms with Crippen molar-refractivity contribution in [2.75, 3.05) is 45.3 Å². The number of carbonyl (C=O) groups is 1. The summed E-state index contributed by atoms with van der Waals surface area (Å²) in [5.41, 5.74) is 1.00. The molecule has 8 heteroatoms. The number of methoxy groups -OCH3 is 2. The maximum atomic E-state index is 14.2. The molecule has 0 saturated carbocycles. The van der Waals surface area contributed by atoms with Crippen molar-refractivity contribution in [1.82, 2.24) is 14.5 Å². The molecule has 1 saturated heterocycles. The number of benzene rings is 2. The second kappa shape index (κ2) is 8.44. The van der Waals surface area contributed by atoms with Crippen LogP contribution in [0.2, 0.25) is 0 Å². The highest BCUT2D eigenvalue weighted by molar-refractivity contribution is 5.95. The predicted molar refractivity (Wildman–Crippen MR) is 111 cm³/mol. The zero-order chi connectivity index (χ0) is 21.1. The Labute approximate surface area is 174 Å². The molecule has 1 aromatic heterocycles. The van der Waals surface area contributed by atoms with Crippen molar-refractivity contribution in [1.29, 1.82) is 0 Å². The molecule has 1 aliphatic rings. The van der Waals surface area contributed by atoms with E-state index in [4.69, 9.17) is 9.47 Å². The molecule has 2 heterocycles. The van der Waals surface area contributed by atoms with Gasteiger partial charge in [0.25, 0.3) is 5.91 Å². The lowest BCUT2D eigenvalue weighted by molar-refractivity contribution is 0.0745. The van der Waals surface area contributed by atoms with Crippen LogP contribution >= 0.6 is 0 Å². The molecule has 7 nitrogen and oxygen atoms in total. The number of halogens is 1. The summed E-state index contributed by atoms with van der Waals surface area (Å²) in [7, 11) is 3.10. The van der Waals surface area contributed by atoms with Gasteiger partial charge in [-0.1, -0.05) is 12.1 Å². The van der Waals surface area contributed by atoms with Crippen LogP contribution < -0.4 is 14.4 Å². The lowest BCUT2D eigenvalue weighted by Gasteiger charge is -2.35. The van der Waals surface area contributed by atoms with Gasteiger partial charge in [0.05, 0.1) is 19.9 Å². The Bertz CT molecular complexity index is 1040. The Morgan fingerprint density at radius 3 is 2.43 bits per heavy atom. The van der Waals surface area contributed by atoms with E-state index in [2.05, 4.69) is 9.88 Å². The number of piperazine rings is 1. The van der Waals surface area contributed by atoms with Gasteiger partial charge in [-0.25, -0.2) is 9.37 Å². The van der Waals surface area contributed by atoms with Crippen LogP contribution in [0.1, 0.15) is 10.4 Å². The van der Waals surface area contributed by atoms with Gasteiger partial charge in [0, 0.05) is 44.1 Å². The number of ether oxygens (including phenoxy) is 2. The van der Waals surface area contributed by atoms with Crippen molar-refractivity contribution in [2.45, 2.75) is 0 Å². The Hall–Kier alpha value is -3.55. The summed E-state index contributed by atoms with van der Waals surface area (Å²) < 4.78 is 26.5. The smallest absolute Gasteiger partial charge is 0.254 e. The van der Waals surface area contributed by atoms with Crippen LogP contribution in [0.5, 0.6) is 11.5 Å². The quantitative estimate of drug-likeness (QED) is 0.647. The van der Waals surface area contributed by atoms with E-state index >= 15 is 0 Å². The summed E-state index contributed by atoms with van der Waals surface area (Å²) in [6.07, 6.45) is 3.40. The molecule has 1 fully saturated rings. The highest BCUT2D eigenvalue weighted by Gasteiger charge is 2.25. The van der Waals surface area contributed by atoms with Crippen molar-refractivity contribution in [3.8, 4) is 17.2 Å². The van der Waals surface area contributed by atoms with E-state index in [0.29, 0.717) is 54.9 Å². The normalized spacial score (nSPS) is 14.0. The maximum Gasteiger partial charge on any atom is 0.254 e. The van der Waals surface area contributed by atoms with E-state index in [0.717, 1.165) is 0 Å². The molecule has 0 radical (unpaired) electrons. The molecule has 1 amide bonds. The molecular formula is C22H23FN4O3. The van der Waals surface area contributed by atoms with Crippen molar-refractivity contribution >= 4 is 11.9 Å². The molecule has 0 atom stereocenters. The van der Waals surface area contributed by atoms with Gasteiger partial charge >= 0.3 is 0 Å². The van der Waals surface area contributed by atoms with Gasteiger partial charge in [-0.3, -0.25) is 9.36 Å². The number of carbonyl (C=O) groups excluding carboxylic acids is 1.